The molecule has 2 aromatic carbocycles. The van der Waals surface area contributed by atoms with Gasteiger partial charge in [0, 0.05) is 12.7 Å². The van der Waals surface area contributed by atoms with Gasteiger partial charge in [0.15, 0.2) is 0 Å². The number of para-hydroxylation sites is 3. The summed E-state index contributed by atoms with van der Waals surface area (Å²) in [5.74, 6) is -0.718. The van der Waals surface area contributed by atoms with E-state index in [1.807, 2.05) is 59.7 Å². The number of nitrogens with one attached hydrogen (secondary N) is 2. The molecular formula is C17H18F3N3O. The SMILES string of the molecule is CN(c1ccccc1)c1ccccc1NCC(=O)NCC(F)(F)F. The second kappa shape index (κ2) is 7.72. The molecule has 7 heteroatoms. The molecular weight excluding hydrogens is 319 g/mol. The Hall–Kier alpha value is -2.70. The summed E-state index contributed by atoms with van der Waals surface area (Å²) in [6.45, 7) is -1.57. The second-order valence-corrected chi connectivity index (χ2v) is 5.16. The van der Waals surface area contributed by atoms with Gasteiger partial charge in [-0.2, -0.15) is 13.2 Å². The van der Waals surface area contributed by atoms with Gasteiger partial charge in [-0.25, -0.2) is 0 Å². The maximum atomic E-state index is 12.1. The van der Waals surface area contributed by atoms with Gasteiger partial charge in [-0.3, -0.25) is 4.79 Å². The molecule has 0 aliphatic rings. The van der Waals surface area contributed by atoms with E-state index in [1.165, 1.54) is 0 Å². The van der Waals surface area contributed by atoms with Crippen molar-refractivity contribution >= 4 is 23.0 Å². The number of hydrogen-bond acceptors (Lipinski definition) is 3. The van der Waals surface area contributed by atoms with Crippen LogP contribution in [0.25, 0.3) is 0 Å². The summed E-state index contributed by atoms with van der Waals surface area (Å²) in [6, 6.07) is 16.9. The molecule has 0 atom stereocenters. The lowest BCUT2D eigenvalue weighted by Crippen LogP contribution is -2.37. The number of alkyl halides is 3. The van der Waals surface area contributed by atoms with Gasteiger partial charge in [0.05, 0.1) is 17.9 Å². The van der Waals surface area contributed by atoms with Crippen molar-refractivity contribution in [2.24, 2.45) is 0 Å². The summed E-state index contributed by atoms with van der Waals surface area (Å²) >= 11 is 0. The first-order valence-electron chi connectivity index (χ1n) is 7.32. The monoisotopic (exact) mass is 337 g/mol. The Morgan fingerprint density at radius 2 is 1.67 bits per heavy atom. The van der Waals surface area contributed by atoms with Gasteiger partial charge in [-0.15, -0.1) is 0 Å². The summed E-state index contributed by atoms with van der Waals surface area (Å²) in [7, 11) is 1.87. The molecule has 0 saturated heterocycles. The van der Waals surface area contributed by atoms with E-state index in [2.05, 4.69) is 5.32 Å². The number of hydrogen-bond donors (Lipinski definition) is 2. The molecule has 128 valence electrons. The number of nitrogens with zero attached hydrogens (tertiary/aromatic N) is 1. The van der Waals surface area contributed by atoms with Gasteiger partial charge < -0.3 is 15.5 Å². The summed E-state index contributed by atoms with van der Waals surface area (Å²) < 4.78 is 36.3. The van der Waals surface area contributed by atoms with Gasteiger partial charge in [-0.1, -0.05) is 30.3 Å². The lowest BCUT2D eigenvalue weighted by molar-refractivity contribution is -0.137. The quantitative estimate of drug-likeness (QED) is 0.847. The molecule has 24 heavy (non-hydrogen) atoms. The summed E-state index contributed by atoms with van der Waals surface area (Å²) in [5.41, 5.74) is 2.42. The Balaban J connectivity index is 2.03. The maximum Gasteiger partial charge on any atom is 0.405 e. The largest absolute Gasteiger partial charge is 0.405 e. The van der Waals surface area contributed by atoms with E-state index in [9.17, 15) is 18.0 Å². The summed E-state index contributed by atoms with van der Waals surface area (Å²) in [6.07, 6.45) is -4.42. The van der Waals surface area contributed by atoms with E-state index >= 15 is 0 Å². The minimum absolute atomic E-state index is 0.240. The standard InChI is InChI=1S/C17H18F3N3O/c1-23(13-7-3-2-4-8-13)15-10-6-5-9-14(15)21-11-16(24)22-12-17(18,19)20/h2-10,21H,11-12H2,1H3,(H,22,24). The highest BCUT2D eigenvalue weighted by Crippen LogP contribution is 2.30. The first-order valence-corrected chi connectivity index (χ1v) is 7.32. The van der Waals surface area contributed by atoms with Crippen molar-refractivity contribution in [2.45, 2.75) is 6.18 Å². The fourth-order valence-corrected chi connectivity index (χ4v) is 2.14. The van der Waals surface area contributed by atoms with Crippen LogP contribution < -0.4 is 15.5 Å². The van der Waals surface area contributed by atoms with Crippen LogP contribution in [0, 0.1) is 0 Å². The number of rotatable bonds is 6. The van der Waals surface area contributed by atoms with E-state index < -0.39 is 18.6 Å². The normalized spacial score (nSPS) is 11.0. The molecule has 0 unspecified atom stereocenters. The first-order chi connectivity index (χ1) is 11.4. The first kappa shape index (κ1) is 17.7. The van der Waals surface area contributed by atoms with Gasteiger partial charge in [0.2, 0.25) is 5.91 Å². The molecule has 0 bridgehead atoms. The molecule has 2 N–H and O–H groups in total. The van der Waals surface area contributed by atoms with Crippen LogP contribution in [0.5, 0.6) is 0 Å². The molecule has 0 fully saturated rings. The van der Waals surface area contributed by atoms with E-state index in [0.29, 0.717) is 5.69 Å². The summed E-state index contributed by atoms with van der Waals surface area (Å²) in [4.78, 5) is 13.5. The lowest BCUT2D eigenvalue weighted by Gasteiger charge is -2.23. The van der Waals surface area contributed by atoms with Crippen LogP contribution in [0.15, 0.2) is 54.6 Å². The average Bonchev–Trinajstić information content (AvgIpc) is 2.58. The molecule has 0 aliphatic carbocycles. The molecule has 0 saturated carbocycles. The van der Waals surface area contributed by atoms with Crippen LogP contribution in [0.1, 0.15) is 0 Å². The van der Waals surface area contributed by atoms with E-state index in [4.69, 9.17) is 0 Å². The maximum absolute atomic E-state index is 12.1. The minimum atomic E-state index is -4.42. The number of halogens is 3. The van der Waals surface area contributed by atoms with Gasteiger partial charge in [0.1, 0.15) is 6.54 Å². The molecule has 0 aliphatic heterocycles. The Morgan fingerprint density at radius 1 is 1.04 bits per heavy atom. The predicted octanol–water partition coefficient (Wildman–Crippen LogP) is 3.54. The summed E-state index contributed by atoms with van der Waals surface area (Å²) in [5, 5.41) is 4.71. The Morgan fingerprint density at radius 3 is 2.33 bits per heavy atom. The van der Waals surface area contributed by atoms with Crippen molar-refractivity contribution < 1.29 is 18.0 Å². The number of carbonyl (C=O) groups is 1. The molecule has 0 heterocycles. The second-order valence-electron chi connectivity index (χ2n) is 5.16. The fraction of sp³-hybridized carbons (Fsp3) is 0.235. The Labute approximate surface area is 138 Å². The van der Waals surface area contributed by atoms with Gasteiger partial charge in [0.25, 0.3) is 0 Å². The zero-order valence-electron chi connectivity index (χ0n) is 13.1. The minimum Gasteiger partial charge on any atom is -0.374 e. The third-order valence-electron chi connectivity index (χ3n) is 3.33. The number of anilines is 3. The van der Waals surface area contributed by atoms with Crippen LogP contribution in [-0.2, 0) is 4.79 Å². The van der Waals surface area contributed by atoms with E-state index in [-0.39, 0.29) is 6.54 Å². The smallest absolute Gasteiger partial charge is 0.374 e. The van der Waals surface area contributed by atoms with Crippen molar-refractivity contribution in [3.05, 3.63) is 54.6 Å². The predicted molar refractivity (Wildman–Crippen MR) is 88.5 cm³/mol. The average molecular weight is 337 g/mol. The van der Waals surface area contributed by atoms with Crippen molar-refractivity contribution in [3.8, 4) is 0 Å². The van der Waals surface area contributed by atoms with Crippen molar-refractivity contribution in [1.82, 2.24) is 5.32 Å². The lowest BCUT2D eigenvalue weighted by atomic mass is 10.2. The highest BCUT2D eigenvalue weighted by atomic mass is 19.4. The van der Waals surface area contributed by atoms with Crippen LogP contribution in [-0.4, -0.2) is 32.2 Å². The van der Waals surface area contributed by atoms with Gasteiger partial charge >= 0.3 is 6.18 Å². The van der Waals surface area contributed by atoms with Crippen molar-refractivity contribution in [2.75, 3.05) is 30.4 Å². The van der Waals surface area contributed by atoms with Gasteiger partial charge in [-0.05, 0) is 24.3 Å². The van der Waals surface area contributed by atoms with Crippen LogP contribution in [0.4, 0.5) is 30.2 Å². The van der Waals surface area contributed by atoms with Crippen molar-refractivity contribution in [3.63, 3.8) is 0 Å². The third-order valence-corrected chi connectivity index (χ3v) is 3.33. The molecule has 2 aromatic rings. The Bertz CT molecular complexity index is 674. The van der Waals surface area contributed by atoms with Crippen LogP contribution in [0.2, 0.25) is 0 Å². The van der Waals surface area contributed by atoms with E-state index in [1.54, 1.807) is 12.1 Å². The highest BCUT2D eigenvalue weighted by Gasteiger charge is 2.27. The number of amides is 1. The van der Waals surface area contributed by atoms with E-state index in [0.717, 1.165) is 11.4 Å². The molecule has 0 spiro atoms. The van der Waals surface area contributed by atoms with Crippen LogP contribution in [0.3, 0.4) is 0 Å². The number of carbonyl (C=O) groups excluding carboxylic acids is 1. The zero-order valence-corrected chi connectivity index (χ0v) is 13.1. The van der Waals surface area contributed by atoms with Crippen LogP contribution >= 0.6 is 0 Å². The fourth-order valence-electron chi connectivity index (χ4n) is 2.14. The topological polar surface area (TPSA) is 44.4 Å². The highest BCUT2D eigenvalue weighted by molar-refractivity contribution is 5.83. The molecule has 4 nitrogen and oxygen atoms in total. The number of benzene rings is 2. The molecule has 2 rings (SSSR count). The molecule has 0 aromatic heterocycles. The molecule has 0 radical (unpaired) electrons. The zero-order chi connectivity index (χ0) is 17.6. The Kier molecular flexibility index (Phi) is 5.68. The molecule has 1 amide bonds. The van der Waals surface area contributed by atoms with Crippen molar-refractivity contribution in [1.29, 1.82) is 0 Å². The third kappa shape index (κ3) is 5.19.